The fraction of sp³-hybridized carbons (Fsp3) is 1.00. The van der Waals surface area contributed by atoms with Crippen LogP contribution in [0, 0.1) is 0 Å². The van der Waals surface area contributed by atoms with Crippen molar-refractivity contribution in [3.8, 4) is 0 Å². The van der Waals surface area contributed by atoms with Crippen molar-refractivity contribution in [1.82, 2.24) is 0 Å². The Bertz CT molecular complexity index is 246. The van der Waals surface area contributed by atoms with Gasteiger partial charge in [0.05, 0.1) is 13.2 Å². The summed E-state index contributed by atoms with van der Waals surface area (Å²) in [5, 5.41) is 0. The first-order valence-corrected chi connectivity index (χ1v) is 11.3. The Hall–Kier alpha value is 1.50. The van der Waals surface area contributed by atoms with E-state index in [4.69, 9.17) is 21.3 Å². The molecular weight excluding hydrogens is 326 g/mol. The smallest absolute Gasteiger partial charge is 0.660 e. The molecule has 0 N–H and O–H groups in total. The Morgan fingerprint density at radius 1 is 0.682 bits per heavy atom. The molecule has 6 heteroatoms. The van der Waals surface area contributed by atoms with E-state index in [2.05, 4.69) is 13.8 Å². The van der Waals surface area contributed by atoms with Crippen molar-refractivity contribution in [3.63, 3.8) is 0 Å². The van der Waals surface area contributed by atoms with Crippen molar-refractivity contribution in [3.05, 3.63) is 0 Å². The largest absolute Gasteiger partial charge is 1.00 e. The average Bonchev–Trinajstić information content (AvgIpc) is 2.45. The summed E-state index contributed by atoms with van der Waals surface area (Å²) < 4.78 is 22.3. The number of rotatable bonds is 16. The van der Waals surface area contributed by atoms with Crippen LogP contribution in [0.1, 0.15) is 90.9 Å². The van der Waals surface area contributed by atoms with E-state index in [9.17, 15) is 4.57 Å². The molecule has 0 saturated heterocycles. The quantitative estimate of drug-likeness (QED) is 0.183. The second-order valence-electron chi connectivity index (χ2n) is 5.65. The third kappa shape index (κ3) is 19.5. The summed E-state index contributed by atoms with van der Waals surface area (Å²) in [7, 11) is 0. The molecule has 0 fully saturated rings. The van der Waals surface area contributed by atoms with E-state index < -0.39 is 6.80 Å². The molecule has 0 aliphatic carbocycles. The summed E-state index contributed by atoms with van der Waals surface area (Å²) in [5.74, 6) is 0. The van der Waals surface area contributed by atoms with Crippen molar-refractivity contribution in [1.29, 1.82) is 0 Å². The summed E-state index contributed by atoms with van der Waals surface area (Å²) in [6, 6.07) is 0. The van der Waals surface area contributed by atoms with Gasteiger partial charge in [-0.3, -0.25) is 4.57 Å². The minimum Gasteiger partial charge on any atom is -0.660 e. The predicted molar refractivity (Wildman–Crippen MR) is 93.6 cm³/mol. The molecule has 0 saturated carbocycles. The molecule has 0 atom stereocenters. The zero-order chi connectivity index (χ0) is 15.8. The van der Waals surface area contributed by atoms with Crippen LogP contribution in [0.2, 0.25) is 0 Å². The van der Waals surface area contributed by atoms with Gasteiger partial charge in [-0.15, -0.1) is 0 Å². The summed E-state index contributed by atoms with van der Waals surface area (Å²) >= 11 is 4.89. The molecule has 0 unspecified atom stereocenters. The van der Waals surface area contributed by atoms with Crippen molar-refractivity contribution in [2.24, 2.45) is 0 Å². The van der Waals surface area contributed by atoms with Gasteiger partial charge in [0.25, 0.3) is 0 Å². The Kier molecular flexibility index (Phi) is 22.0. The van der Waals surface area contributed by atoms with E-state index in [-0.39, 0.29) is 29.6 Å². The summed E-state index contributed by atoms with van der Waals surface area (Å²) in [5.41, 5.74) is 0. The molecule has 0 rings (SSSR count). The molecule has 0 amide bonds. The first-order chi connectivity index (χ1) is 10.1. The van der Waals surface area contributed by atoms with Gasteiger partial charge in [0.2, 0.25) is 0 Å². The van der Waals surface area contributed by atoms with E-state index >= 15 is 0 Å². The summed E-state index contributed by atoms with van der Waals surface area (Å²) in [4.78, 5) is 0. The van der Waals surface area contributed by atoms with Crippen molar-refractivity contribution < 1.29 is 43.2 Å². The average molecular weight is 360 g/mol. The van der Waals surface area contributed by atoms with Gasteiger partial charge < -0.3 is 21.3 Å². The molecule has 0 heterocycles. The van der Waals surface area contributed by atoms with Gasteiger partial charge in [-0.2, -0.15) is 0 Å². The topological polar surface area (TPSA) is 35.5 Å². The van der Waals surface area contributed by atoms with Gasteiger partial charge in [-0.25, -0.2) is 0 Å². The molecule has 0 aromatic heterocycles. The maximum atomic E-state index is 11.9. The monoisotopic (exact) mass is 360 g/mol. The normalized spacial score (nSPS) is 11.4. The van der Waals surface area contributed by atoms with Gasteiger partial charge >= 0.3 is 29.6 Å². The molecule has 3 nitrogen and oxygen atoms in total. The zero-order valence-corrected chi connectivity index (χ0v) is 18.7. The van der Waals surface area contributed by atoms with E-state index in [0.29, 0.717) is 13.2 Å². The summed E-state index contributed by atoms with van der Waals surface area (Å²) in [6.45, 7) is 2.10. The Balaban J connectivity index is 0. The van der Waals surface area contributed by atoms with E-state index in [1.165, 1.54) is 51.4 Å². The Labute approximate surface area is 165 Å². The Morgan fingerprint density at radius 2 is 1.00 bits per heavy atom. The van der Waals surface area contributed by atoms with Crippen LogP contribution >= 0.6 is 6.80 Å². The maximum absolute atomic E-state index is 11.9. The van der Waals surface area contributed by atoms with Gasteiger partial charge in [-0.05, 0) is 12.8 Å². The van der Waals surface area contributed by atoms with E-state index in [1.54, 1.807) is 0 Å². The predicted octanol–water partition coefficient (Wildman–Crippen LogP) is 3.40. The van der Waals surface area contributed by atoms with Crippen LogP contribution in [-0.4, -0.2) is 13.2 Å². The second-order valence-corrected chi connectivity index (χ2v) is 8.40. The fourth-order valence-electron chi connectivity index (χ4n) is 2.15. The SMILES string of the molecule is CCCCCCCCOP(=O)([S-])OCCCCCCCC.[Na+]. The second kappa shape index (κ2) is 18.8. The number of hydrogen-bond donors (Lipinski definition) is 0. The van der Waals surface area contributed by atoms with E-state index in [1.807, 2.05) is 0 Å². The molecule has 0 radical (unpaired) electrons. The van der Waals surface area contributed by atoms with E-state index in [0.717, 1.165) is 25.7 Å². The van der Waals surface area contributed by atoms with Crippen molar-refractivity contribution in [2.75, 3.05) is 13.2 Å². The zero-order valence-electron chi connectivity index (χ0n) is 15.0. The molecule has 0 aromatic rings. The van der Waals surface area contributed by atoms with Crippen LogP contribution in [-0.2, 0) is 25.9 Å². The standard InChI is InChI=1S/C16H35O3PS.Na/c1-3-5-7-9-11-13-15-18-20(17,21)19-16-14-12-10-8-6-4-2;/h3-16H2,1-2H3,(H,17,21);/q;+1/p-1. The fourth-order valence-corrected chi connectivity index (χ4v) is 3.38. The molecular formula is C16H34NaO3PS. The first-order valence-electron chi connectivity index (χ1n) is 8.72. The van der Waals surface area contributed by atoms with Crippen LogP contribution in [0.25, 0.3) is 0 Å². The minimum atomic E-state index is -3.23. The van der Waals surface area contributed by atoms with Crippen LogP contribution in [0.4, 0.5) is 0 Å². The van der Waals surface area contributed by atoms with Gasteiger partial charge in [0.1, 0.15) is 0 Å². The summed E-state index contributed by atoms with van der Waals surface area (Å²) in [6.07, 6.45) is 14.2. The molecule has 0 aliphatic heterocycles. The Morgan fingerprint density at radius 3 is 1.36 bits per heavy atom. The van der Waals surface area contributed by atoms with Crippen molar-refractivity contribution >= 4 is 19.0 Å². The first kappa shape index (κ1) is 25.7. The maximum Gasteiger partial charge on any atom is 1.00 e. The van der Waals surface area contributed by atoms with Crippen LogP contribution in [0.3, 0.4) is 0 Å². The number of unbranched alkanes of at least 4 members (excludes halogenated alkanes) is 10. The van der Waals surface area contributed by atoms with Crippen molar-refractivity contribution in [2.45, 2.75) is 90.9 Å². The van der Waals surface area contributed by atoms with Gasteiger partial charge in [-0.1, -0.05) is 78.1 Å². The van der Waals surface area contributed by atoms with Gasteiger partial charge in [0, 0.05) is 0 Å². The molecule has 0 spiro atoms. The molecule has 0 aliphatic rings. The van der Waals surface area contributed by atoms with Crippen LogP contribution in [0.15, 0.2) is 0 Å². The van der Waals surface area contributed by atoms with Crippen LogP contribution in [0.5, 0.6) is 0 Å². The molecule has 128 valence electrons. The third-order valence-corrected chi connectivity index (χ3v) is 5.12. The van der Waals surface area contributed by atoms with Crippen LogP contribution < -0.4 is 29.6 Å². The number of hydrogen-bond acceptors (Lipinski definition) is 4. The molecule has 22 heavy (non-hydrogen) atoms. The minimum absolute atomic E-state index is 0. The molecule has 0 bridgehead atoms. The third-order valence-electron chi connectivity index (χ3n) is 3.49. The van der Waals surface area contributed by atoms with Gasteiger partial charge in [0.15, 0.2) is 6.80 Å². The molecule has 0 aromatic carbocycles.